The van der Waals surface area contributed by atoms with Crippen molar-refractivity contribution in [1.29, 1.82) is 0 Å². The summed E-state index contributed by atoms with van der Waals surface area (Å²) in [4.78, 5) is 36.4. The molecule has 5 atom stereocenters. The van der Waals surface area contributed by atoms with Crippen LogP contribution in [0.4, 0.5) is 0 Å². The summed E-state index contributed by atoms with van der Waals surface area (Å²) >= 11 is 0. The number of allylic oxidation sites excluding steroid dienone is 1. The summed E-state index contributed by atoms with van der Waals surface area (Å²) in [7, 11) is -8.10. The van der Waals surface area contributed by atoms with Crippen LogP contribution in [0.25, 0.3) is 0 Å². The first-order valence-corrected chi connectivity index (χ1v) is 13.4. The van der Waals surface area contributed by atoms with Crippen molar-refractivity contribution in [2.75, 3.05) is 24.7 Å². The Morgan fingerprint density at radius 3 is 2.73 bits per heavy atom. The van der Waals surface area contributed by atoms with E-state index in [1.807, 2.05) is 0 Å². The molecule has 0 unspecified atom stereocenters. The number of carbonyl (C=O) groups is 3. The summed E-state index contributed by atoms with van der Waals surface area (Å²) in [5, 5.41) is 0. The molecule has 13 nitrogen and oxygen atoms in total. The van der Waals surface area contributed by atoms with Crippen LogP contribution in [0.3, 0.4) is 0 Å². The van der Waals surface area contributed by atoms with E-state index in [9.17, 15) is 27.4 Å². The van der Waals surface area contributed by atoms with Crippen LogP contribution in [0.5, 0.6) is 0 Å². The molecule has 0 aliphatic carbocycles. The second-order valence-corrected chi connectivity index (χ2v) is 12.2. The van der Waals surface area contributed by atoms with Crippen molar-refractivity contribution in [2.24, 2.45) is 5.73 Å². The summed E-state index contributed by atoms with van der Waals surface area (Å²) < 4.78 is 63.4. The van der Waals surface area contributed by atoms with Crippen LogP contribution in [0.2, 0.25) is 0 Å². The van der Waals surface area contributed by atoms with Gasteiger partial charge in [-0.1, -0.05) is 0 Å². The predicted octanol–water partition coefficient (Wildman–Crippen LogP) is -0.350. The van der Waals surface area contributed by atoms with E-state index in [1.165, 1.54) is 24.1 Å². The number of sulfone groups is 1. The molecule has 3 aliphatic heterocycles. The Labute approximate surface area is 191 Å². The van der Waals surface area contributed by atoms with Gasteiger partial charge < -0.3 is 15.2 Å². The largest absolute Gasteiger partial charge is 0.475 e. The molecule has 0 spiro atoms. The number of fused-ring (bicyclic) bond motifs is 1. The zero-order chi connectivity index (χ0) is 24.6. The zero-order valence-electron chi connectivity index (χ0n) is 18.4. The van der Waals surface area contributed by atoms with Gasteiger partial charge in [0.05, 0.1) is 37.0 Å². The second-order valence-electron chi connectivity index (χ2n) is 8.39. The van der Waals surface area contributed by atoms with Gasteiger partial charge in [0.25, 0.3) is 0 Å². The van der Waals surface area contributed by atoms with Crippen LogP contribution < -0.4 is 5.73 Å². The molecule has 186 valence electrons. The maximum Gasteiger partial charge on any atom is 0.475 e. The van der Waals surface area contributed by atoms with E-state index in [-0.39, 0.29) is 18.8 Å². The summed E-state index contributed by atoms with van der Waals surface area (Å²) in [6.45, 7) is 3.89. The van der Waals surface area contributed by atoms with Gasteiger partial charge in [-0.05, 0) is 26.8 Å². The van der Waals surface area contributed by atoms with Crippen LogP contribution in [-0.4, -0.2) is 85.8 Å². The fourth-order valence-electron chi connectivity index (χ4n) is 3.58. The first-order valence-electron chi connectivity index (χ1n) is 10.2. The van der Waals surface area contributed by atoms with Gasteiger partial charge >= 0.3 is 13.8 Å². The molecule has 2 N–H and O–H groups in total. The van der Waals surface area contributed by atoms with E-state index in [4.69, 9.17) is 28.8 Å². The molecule has 33 heavy (non-hydrogen) atoms. The van der Waals surface area contributed by atoms with Gasteiger partial charge in [0.15, 0.2) is 21.8 Å². The number of hydrogen-bond acceptors (Lipinski definition) is 12. The lowest BCUT2D eigenvalue weighted by molar-refractivity contribution is -0.147. The summed E-state index contributed by atoms with van der Waals surface area (Å²) in [5.74, 6) is -3.23. The SMILES string of the molecule is CC(C)OC(=O)CS(=O)(=O)CCO[P@@]1(=O)OC[C@H]2O[C@@H](N3C=CC(=O)CC3=O)[C@](C)(N)[C@@H]2O1. The minimum atomic E-state index is -4.21. The number of carbonyl (C=O) groups excluding carboxylic acids is 3. The third-order valence-electron chi connectivity index (χ3n) is 5.06. The summed E-state index contributed by atoms with van der Waals surface area (Å²) in [5.41, 5.74) is 5.02. The van der Waals surface area contributed by atoms with E-state index in [1.54, 1.807) is 13.8 Å². The van der Waals surface area contributed by atoms with Gasteiger partial charge in [0.2, 0.25) is 5.91 Å². The minimum Gasteiger partial charge on any atom is -0.462 e. The Kier molecular flexibility index (Phi) is 7.49. The Hall–Kier alpha value is -1.67. The lowest BCUT2D eigenvalue weighted by atomic mass is 9.92. The van der Waals surface area contributed by atoms with Crippen molar-refractivity contribution in [3.05, 3.63) is 12.3 Å². The van der Waals surface area contributed by atoms with Crippen molar-refractivity contribution < 1.29 is 50.4 Å². The highest BCUT2D eigenvalue weighted by Gasteiger charge is 2.60. The first kappa shape index (κ1) is 25.9. The molecule has 2 fully saturated rings. The smallest absolute Gasteiger partial charge is 0.462 e. The van der Waals surface area contributed by atoms with Crippen LogP contribution in [0.15, 0.2) is 12.3 Å². The van der Waals surface area contributed by atoms with Gasteiger partial charge in [-0.15, -0.1) is 0 Å². The number of ketones is 1. The van der Waals surface area contributed by atoms with E-state index in [0.29, 0.717) is 0 Å². The van der Waals surface area contributed by atoms with E-state index in [0.717, 1.165) is 0 Å². The van der Waals surface area contributed by atoms with Crippen molar-refractivity contribution in [2.45, 2.75) is 57.3 Å². The van der Waals surface area contributed by atoms with Gasteiger partial charge in [0.1, 0.15) is 18.0 Å². The van der Waals surface area contributed by atoms with Crippen molar-refractivity contribution >= 4 is 35.3 Å². The van der Waals surface area contributed by atoms with Crippen molar-refractivity contribution in [1.82, 2.24) is 4.90 Å². The Bertz CT molecular complexity index is 993. The maximum atomic E-state index is 12.9. The van der Waals surface area contributed by atoms with Crippen molar-refractivity contribution in [3.63, 3.8) is 0 Å². The quantitative estimate of drug-likeness (QED) is 0.255. The van der Waals surface area contributed by atoms with Gasteiger partial charge in [0, 0.05) is 6.20 Å². The van der Waals surface area contributed by atoms with Crippen LogP contribution in [-0.2, 0) is 51.8 Å². The average molecular weight is 510 g/mol. The minimum absolute atomic E-state index is 0.247. The van der Waals surface area contributed by atoms with E-state index < -0.39 is 77.7 Å². The Morgan fingerprint density at radius 1 is 1.39 bits per heavy atom. The average Bonchev–Trinajstić information content (AvgIpc) is 2.90. The lowest BCUT2D eigenvalue weighted by Crippen LogP contribution is -2.60. The molecular weight excluding hydrogens is 483 g/mol. The highest BCUT2D eigenvalue weighted by atomic mass is 32.2. The number of nitrogens with two attached hydrogens (primary N) is 1. The van der Waals surface area contributed by atoms with Crippen LogP contribution >= 0.6 is 7.82 Å². The lowest BCUT2D eigenvalue weighted by Gasteiger charge is -2.38. The van der Waals surface area contributed by atoms with Gasteiger partial charge in [-0.3, -0.25) is 32.9 Å². The normalized spacial score (nSPS) is 34.6. The molecule has 0 aromatic carbocycles. The molecule has 3 aliphatic rings. The summed E-state index contributed by atoms with van der Waals surface area (Å²) in [6, 6.07) is 0. The Morgan fingerprint density at radius 2 is 2.09 bits per heavy atom. The third-order valence-corrected chi connectivity index (χ3v) is 7.98. The number of phosphoric acid groups is 1. The maximum absolute atomic E-state index is 12.9. The number of ether oxygens (including phenoxy) is 2. The molecule has 2 saturated heterocycles. The molecule has 0 saturated carbocycles. The Balaban J connectivity index is 1.60. The number of esters is 1. The molecule has 0 radical (unpaired) electrons. The van der Waals surface area contributed by atoms with Gasteiger partial charge in [-0.2, -0.15) is 0 Å². The second kappa shape index (κ2) is 9.53. The molecule has 1 amide bonds. The highest BCUT2D eigenvalue weighted by Crippen LogP contribution is 2.57. The van der Waals surface area contributed by atoms with Gasteiger partial charge in [-0.25, -0.2) is 13.0 Å². The van der Waals surface area contributed by atoms with E-state index >= 15 is 0 Å². The molecule has 15 heteroatoms. The number of amides is 1. The summed E-state index contributed by atoms with van der Waals surface area (Å²) in [6.07, 6.45) is -1.12. The fourth-order valence-corrected chi connectivity index (χ4v) is 6.09. The molecule has 3 rings (SSSR count). The van der Waals surface area contributed by atoms with Crippen LogP contribution in [0, 0.1) is 0 Å². The number of hydrogen-bond donors (Lipinski definition) is 1. The molecule has 3 heterocycles. The monoisotopic (exact) mass is 510 g/mol. The number of rotatable bonds is 8. The van der Waals surface area contributed by atoms with E-state index in [2.05, 4.69) is 0 Å². The molecule has 0 aromatic heterocycles. The van der Waals surface area contributed by atoms with Crippen molar-refractivity contribution in [3.8, 4) is 0 Å². The zero-order valence-corrected chi connectivity index (χ0v) is 20.1. The van der Waals surface area contributed by atoms with Crippen LogP contribution in [0.1, 0.15) is 27.2 Å². The predicted molar refractivity (Wildman–Crippen MR) is 111 cm³/mol. The third kappa shape index (κ3) is 6.07. The number of phosphoric ester groups is 1. The fraction of sp³-hybridized carbons (Fsp3) is 0.722. The topological polar surface area (TPSA) is 178 Å². The first-order chi connectivity index (χ1) is 15.2. The molecular formula is C18H27N2O11PS. The number of nitrogens with zero attached hydrogens (tertiary/aromatic N) is 1. The highest BCUT2D eigenvalue weighted by molar-refractivity contribution is 7.92. The molecule has 0 bridgehead atoms. The standard InChI is InChI=1S/C18H27N2O11PS/c1-11(2)29-15(23)10-33(25,26)7-6-27-32(24)28-9-13-16(31-32)18(3,19)17(30-13)20-5-4-12(21)8-14(20)22/h4-5,11,13,16-17H,6-10,19H2,1-3H3/t13-,16-,17-,18-,32+/m1/s1. The molecule has 0 aromatic rings.